The molecule has 0 aromatic carbocycles. The van der Waals surface area contributed by atoms with Crippen LogP contribution >= 0.6 is 0 Å². The lowest BCUT2D eigenvalue weighted by Crippen LogP contribution is -2.23. The second-order valence-electron chi connectivity index (χ2n) is 3.75. The minimum Gasteiger partial charge on any atom is -0.481 e. The highest BCUT2D eigenvalue weighted by molar-refractivity contribution is 5.29. The van der Waals surface area contributed by atoms with Crippen LogP contribution in [0.15, 0.2) is 18.3 Å². The van der Waals surface area contributed by atoms with Gasteiger partial charge in [0.2, 0.25) is 5.88 Å². The summed E-state index contributed by atoms with van der Waals surface area (Å²) in [7, 11) is 3.64. The van der Waals surface area contributed by atoms with Crippen molar-refractivity contribution in [3.63, 3.8) is 0 Å². The lowest BCUT2D eigenvalue weighted by molar-refractivity contribution is 0.355. The van der Waals surface area contributed by atoms with Crippen LogP contribution in [0.1, 0.15) is 31.9 Å². The summed E-state index contributed by atoms with van der Waals surface area (Å²) < 4.78 is 5.27. The largest absolute Gasteiger partial charge is 0.481 e. The molecule has 0 aliphatic carbocycles. The predicted octanol–water partition coefficient (Wildman–Crippen LogP) is 2.40. The van der Waals surface area contributed by atoms with E-state index in [0.717, 1.165) is 17.9 Å². The molecule has 84 valence electrons. The second-order valence-corrected chi connectivity index (χ2v) is 3.75. The molecule has 1 rings (SSSR count). The Morgan fingerprint density at radius 3 is 2.80 bits per heavy atom. The number of pyridine rings is 1. The normalized spacial score (nSPS) is 14.7. The van der Waals surface area contributed by atoms with E-state index in [1.807, 2.05) is 13.1 Å². The fourth-order valence-electron chi connectivity index (χ4n) is 1.79. The summed E-state index contributed by atoms with van der Waals surface area (Å²) in [5.41, 5.74) is 1.14. The summed E-state index contributed by atoms with van der Waals surface area (Å²) in [6.07, 6.45) is 2.88. The van der Waals surface area contributed by atoms with Crippen molar-refractivity contribution < 1.29 is 4.74 Å². The van der Waals surface area contributed by atoms with E-state index in [1.165, 1.54) is 0 Å². The standard InChI is InChI=1S/C12H20N2O/c1-5-9(2)11(13-3)10-7-6-8-14-12(10)15-4/h6-9,11,13H,5H2,1-4H3. The Morgan fingerprint density at radius 2 is 2.27 bits per heavy atom. The zero-order valence-electron chi connectivity index (χ0n) is 9.95. The van der Waals surface area contributed by atoms with Crippen LogP contribution in [0.3, 0.4) is 0 Å². The number of methoxy groups -OCH3 is 1. The molecule has 3 heteroatoms. The van der Waals surface area contributed by atoms with Gasteiger partial charge >= 0.3 is 0 Å². The average molecular weight is 208 g/mol. The zero-order chi connectivity index (χ0) is 11.3. The Kier molecular flexibility index (Phi) is 4.56. The highest BCUT2D eigenvalue weighted by atomic mass is 16.5. The van der Waals surface area contributed by atoms with Gasteiger partial charge in [-0.3, -0.25) is 0 Å². The number of nitrogens with one attached hydrogen (secondary N) is 1. The summed E-state index contributed by atoms with van der Waals surface area (Å²) >= 11 is 0. The van der Waals surface area contributed by atoms with Crippen molar-refractivity contribution in [3.8, 4) is 5.88 Å². The Bertz CT molecular complexity index is 301. The third-order valence-electron chi connectivity index (χ3n) is 2.85. The number of aromatic nitrogens is 1. The van der Waals surface area contributed by atoms with Gasteiger partial charge in [-0.2, -0.15) is 0 Å². The predicted molar refractivity (Wildman–Crippen MR) is 62.0 cm³/mol. The van der Waals surface area contributed by atoms with Crippen LogP contribution in [0.4, 0.5) is 0 Å². The van der Waals surface area contributed by atoms with Crippen molar-refractivity contribution >= 4 is 0 Å². The molecule has 1 N–H and O–H groups in total. The van der Waals surface area contributed by atoms with Gasteiger partial charge in [-0.25, -0.2) is 4.98 Å². The van der Waals surface area contributed by atoms with Gasteiger partial charge in [-0.1, -0.05) is 26.3 Å². The number of nitrogens with zero attached hydrogens (tertiary/aromatic N) is 1. The van der Waals surface area contributed by atoms with Gasteiger partial charge in [0.15, 0.2) is 0 Å². The van der Waals surface area contributed by atoms with Crippen molar-refractivity contribution in [2.45, 2.75) is 26.3 Å². The van der Waals surface area contributed by atoms with E-state index in [0.29, 0.717) is 12.0 Å². The van der Waals surface area contributed by atoms with Gasteiger partial charge < -0.3 is 10.1 Å². The van der Waals surface area contributed by atoms with Crippen LogP contribution in [-0.2, 0) is 0 Å². The van der Waals surface area contributed by atoms with E-state index in [9.17, 15) is 0 Å². The molecule has 1 aromatic rings. The van der Waals surface area contributed by atoms with E-state index in [2.05, 4.69) is 30.2 Å². The first-order valence-corrected chi connectivity index (χ1v) is 5.40. The molecule has 0 saturated heterocycles. The van der Waals surface area contributed by atoms with Gasteiger partial charge in [0, 0.05) is 17.8 Å². The Balaban J connectivity index is 3.00. The molecular formula is C12H20N2O. The zero-order valence-corrected chi connectivity index (χ0v) is 9.95. The molecular weight excluding hydrogens is 188 g/mol. The molecule has 0 amide bonds. The molecule has 1 aromatic heterocycles. The maximum Gasteiger partial charge on any atom is 0.217 e. The van der Waals surface area contributed by atoms with Crippen molar-refractivity contribution in [2.24, 2.45) is 5.92 Å². The highest BCUT2D eigenvalue weighted by Gasteiger charge is 2.19. The lowest BCUT2D eigenvalue weighted by Gasteiger charge is -2.23. The molecule has 3 nitrogen and oxygen atoms in total. The fourth-order valence-corrected chi connectivity index (χ4v) is 1.79. The summed E-state index contributed by atoms with van der Waals surface area (Å²) in [6, 6.07) is 4.32. The molecule has 2 atom stereocenters. The van der Waals surface area contributed by atoms with Gasteiger partial charge in [0.1, 0.15) is 0 Å². The topological polar surface area (TPSA) is 34.2 Å². The molecule has 1 heterocycles. The van der Waals surface area contributed by atoms with E-state index >= 15 is 0 Å². The van der Waals surface area contributed by atoms with Gasteiger partial charge in [-0.05, 0) is 19.0 Å². The Labute approximate surface area is 91.9 Å². The molecule has 0 spiro atoms. The van der Waals surface area contributed by atoms with Crippen LogP contribution in [0, 0.1) is 5.92 Å². The van der Waals surface area contributed by atoms with Crippen molar-refractivity contribution in [1.29, 1.82) is 0 Å². The van der Waals surface area contributed by atoms with Crippen molar-refractivity contribution in [1.82, 2.24) is 10.3 Å². The van der Waals surface area contributed by atoms with Gasteiger partial charge in [0.25, 0.3) is 0 Å². The summed E-state index contributed by atoms with van der Waals surface area (Å²) in [4.78, 5) is 4.22. The van der Waals surface area contributed by atoms with E-state index < -0.39 is 0 Å². The smallest absolute Gasteiger partial charge is 0.217 e. The molecule has 0 saturated carbocycles. The third kappa shape index (κ3) is 2.69. The highest BCUT2D eigenvalue weighted by Crippen LogP contribution is 2.29. The Morgan fingerprint density at radius 1 is 1.53 bits per heavy atom. The molecule has 0 bridgehead atoms. The molecule has 0 radical (unpaired) electrons. The van der Waals surface area contributed by atoms with Crippen LogP contribution in [0.2, 0.25) is 0 Å². The van der Waals surface area contributed by atoms with Crippen LogP contribution in [0.25, 0.3) is 0 Å². The first kappa shape index (κ1) is 12.0. The second kappa shape index (κ2) is 5.71. The number of ether oxygens (including phenoxy) is 1. The number of hydrogen-bond donors (Lipinski definition) is 1. The Hall–Kier alpha value is -1.09. The quantitative estimate of drug-likeness (QED) is 0.806. The summed E-state index contributed by atoms with van der Waals surface area (Å²) in [6.45, 7) is 4.42. The minimum absolute atomic E-state index is 0.304. The molecule has 0 fully saturated rings. The number of rotatable bonds is 5. The maximum absolute atomic E-state index is 5.27. The third-order valence-corrected chi connectivity index (χ3v) is 2.85. The van der Waals surface area contributed by atoms with Crippen molar-refractivity contribution in [2.75, 3.05) is 14.2 Å². The average Bonchev–Trinajstić information content (AvgIpc) is 2.30. The van der Waals surface area contributed by atoms with E-state index in [1.54, 1.807) is 13.3 Å². The van der Waals surface area contributed by atoms with E-state index in [4.69, 9.17) is 4.74 Å². The van der Waals surface area contributed by atoms with Crippen LogP contribution in [0.5, 0.6) is 5.88 Å². The molecule has 15 heavy (non-hydrogen) atoms. The SMILES string of the molecule is CCC(C)C(NC)c1cccnc1OC. The van der Waals surface area contributed by atoms with Crippen LogP contribution < -0.4 is 10.1 Å². The molecule has 0 aliphatic rings. The first-order chi connectivity index (χ1) is 7.24. The monoisotopic (exact) mass is 208 g/mol. The van der Waals surface area contributed by atoms with Crippen molar-refractivity contribution in [3.05, 3.63) is 23.9 Å². The molecule has 2 unspecified atom stereocenters. The summed E-state index contributed by atoms with van der Waals surface area (Å²) in [5, 5.41) is 3.32. The number of hydrogen-bond acceptors (Lipinski definition) is 3. The molecule has 0 aliphatic heterocycles. The fraction of sp³-hybridized carbons (Fsp3) is 0.583. The first-order valence-electron chi connectivity index (χ1n) is 5.40. The van der Waals surface area contributed by atoms with E-state index in [-0.39, 0.29) is 0 Å². The van der Waals surface area contributed by atoms with Crippen LogP contribution in [-0.4, -0.2) is 19.1 Å². The minimum atomic E-state index is 0.304. The van der Waals surface area contributed by atoms with Gasteiger partial charge in [0.05, 0.1) is 7.11 Å². The maximum atomic E-state index is 5.27. The van der Waals surface area contributed by atoms with Gasteiger partial charge in [-0.15, -0.1) is 0 Å². The lowest BCUT2D eigenvalue weighted by atomic mass is 9.93. The summed E-state index contributed by atoms with van der Waals surface area (Å²) in [5.74, 6) is 1.28.